The first-order valence-corrected chi connectivity index (χ1v) is 7.93. The molecule has 1 aromatic carbocycles. The van der Waals surface area contributed by atoms with Gasteiger partial charge in [-0.1, -0.05) is 18.5 Å². The summed E-state index contributed by atoms with van der Waals surface area (Å²) in [7, 11) is 0. The molecule has 1 aromatic heterocycles. The van der Waals surface area contributed by atoms with E-state index < -0.39 is 0 Å². The van der Waals surface area contributed by atoms with Gasteiger partial charge in [-0.2, -0.15) is 4.98 Å². The SMILES string of the molecule is CCCNCc1cnc(Oc2ccc(Cl)cc2Br)nc1C. The van der Waals surface area contributed by atoms with Crippen molar-refractivity contribution < 1.29 is 4.74 Å². The summed E-state index contributed by atoms with van der Waals surface area (Å²) in [4.78, 5) is 8.63. The van der Waals surface area contributed by atoms with Gasteiger partial charge in [0.15, 0.2) is 0 Å². The third-order valence-corrected chi connectivity index (χ3v) is 3.75. The fraction of sp³-hybridized carbons (Fsp3) is 0.333. The average Bonchev–Trinajstić information content (AvgIpc) is 2.44. The largest absolute Gasteiger partial charge is 0.423 e. The second-order valence-corrected chi connectivity index (χ2v) is 5.91. The second kappa shape index (κ2) is 7.73. The fourth-order valence-corrected chi connectivity index (χ4v) is 2.51. The Labute approximate surface area is 138 Å². The number of rotatable bonds is 6. The highest BCUT2D eigenvalue weighted by molar-refractivity contribution is 9.10. The second-order valence-electron chi connectivity index (χ2n) is 4.62. The van der Waals surface area contributed by atoms with Gasteiger partial charge < -0.3 is 10.1 Å². The lowest BCUT2D eigenvalue weighted by atomic mass is 10.2. The van der Waals surface area contributed by atoms with Gasteiger partial charge >= 0.3 is 6.01 Å². The minimum Gasteiger partial charge on any atom is -0.423 e. The summed E-state index contributed by atoms with van der Waals surface area (Å²) in [6.07, 6.45) is 2.90. The van der Waals surface area contributed by atoms with Crippen LogP contribution in [-0.2, 0) is 6.54 Å². The Hall–Kier alpha value is -1.17. The molecule has 2 rings (SSSR count). The van der Waals surface area contributed by atoms with Crippen LogP contribution in [-0.4, -0.2) is 16.5 Å². The third kappa shape index (κ3) is 4.66. The van der Waals surface area contributed by atoms with Gasteiger partial charge in [-0.15, -0.1) is 0 Å². The minimum absolute atomic E-state index is 0.328. The molecule has 6 heteroatoms. The summed E-state index contributed by atoms with van der Waals surface area (Å²) in [5.74, 6) is 0.635. The predicted octanol–water partition coefficient (Wildman–Crippen LogP) is 4.49. The number of halogens is 2. The van der Waals surface area contributed by atoms with Crippen molar-refractivity contribution in [3.8, 4) is 11.8 Å². The summed E-state index contributed by atoms with van der Waals surface area (Å²) >= 11 is 9.31. The van der Waals surface area contributed by atoms with Crippen molar-refractivity contribution in [1.82, 2.24) is 15.3 Å². The van der Waals surface area contributed by atoms with Crippen molar-refractivity contribution >= 4 is 27.5 Å². The Morgan fingerprint density at radius 2 is 2.19 bits per heavy atom. The van der Waals surface area contributed by atoms with E-state index in [0.29, 0.717) is 16.8 Å². The van der Waals surface area contributed by atoms with E-state index in [1.807, 2.05) is 6.92 Å². The van der Waals surface area contributed by atoms with Gasteiger partial charge in [-0.05, 0) is 54.0 Å². The van der Waals surface area contributed by atoms with Gasteiger partial charge in [0.1, 0.15) is 5.75 Å². The maximum Gasteiger partial charge on any atom is 0.322 e. The molecule has 0 saturated carbocycles. The van der Waals surface area contributed by atoms with Crippen LogP contribution in [0.25, 0.3) is 0 Å². The summed E-state index contributed by atoms with van der Waals surface area (Å²) in [5, 5.41) is 3.98. The molecule has 21 heavy (non-hydrogen) atoms. The zero-order chi connectivity index (χ0) is 15.2. The van der Waals surface area contributed by atoms with Gasteiger partial charge in [0, 0.05) is 29.0 Å². The molecule has 1 N–H and O–H groups in total. The highest BCUT2D eigenvalue weighted by atomic mass is 79.9. The van der Waals surface area contributed by atoms with Gasteiger partial charge in [0.25, 0.3) is 0 Å². The first-order valence-electron chi connectivity index (χ1n) is 6.76. The van der Waals surface area contributed by atoms with Crippen LogP contribution < -0.4 is 10.1 Å². The number of nitrogens with one attached hydrogen (secondary N) is 1. The van der Waals surface area contributed by atoms with E-state index in [1.54, 1.807) is 24.4 Å². The molecule has 0 unspecified atom stereocenters. The Morgan fingerprint density at radius 1 is 1.38 bits per heavy atom. The van der Waals surface area contributed by atoms with Crippen molar-refractivity contribution in [2.24, 2.45) is 0 Å². The zero-order valence-corrected chi connectivity index (χ0v) is 14.3. The number of benzene rings is 1. The number of aromatic nitrogens is 2. The maximum atomic E-state index is 5.90. The molecule has 0 saturated heterocycles. The monoisotopic (exact) mass is 369 g/mol. The molecule has 0 radical (unpaired) electrons. The molecule has 0 bridgehead atoms. The first-order chi connectivity index (χ1) is 10.1. The molecule has 2 aromatic rings. The van der Waals surface area contributed by atoms with Gasteiger partial charge in [-0.3, -0.25) is 0 Å². The van der Waals surface area contributed by atoms with Crippen LogP contribution in [0.15, 0.2) is 28.9 Å². The summed E-state index contributed by atoms with van der Waals surface area (Å²) in [6.45, 7) is 5.84. The summed E-state index contributed by atoms with van der Waals surface area (Å²) < 4.78 is 6.45. The normalized spacial score (nSPS) is 10.7. The van der Waals surface area contributed by atoms with E-state index in [2.05, 4.69) is 38.1 Å². The highest BCUT2D eigenvalue weighted by Crippen LogP contribution is 2.30. The summed E-state index contributed by atoms with van der Waals surface area (Å²) in [6, 6.07) is 5.64. The zero-order valence-electron chi connectivity index (χ0n) is 12.0. The third-order valence-electron chi connectivity index (χ3n) is 2.90. The van der Waals surface area contributed by atoms with E-state index in [-0.39, 0.29) is 0 Å². The number of ether oxygens (including phenoxy) is 1. The van der Waals surface area contributed by atoms with Crippen LogP contribution in [0.1, 0.15) is 24.6 Å². The smallest absolute Gasteiger partial charge is 0.322 e. The molecule has 0 amide bonds. The quantitative estimate of drug-likeness (QED) is 0.761. The lowest BCUT2D eigenvalue weighted by Crippen LogP contribution is -2.15. The topological polar surface area (TPSA) is 47.0 Å². The lowest BCUT2D eigenvalue weighted by Gasteiger charge is -2.09. The van der Waals surface area contributed by atoms with E-state index >= 15 is 0 Å². The van der Waals surface area contributed by atoms with Crippen LogP contribution in [0.3, 0.4) is 0 Å². The van der Waals surface area contributed by atoms with Crippen molar-refractivity contribution in [3.63, 3.8) is 0 Å². The molecular weight excluding hydrogens is 354 g/mol. The molecule has 0 spiro atoms. The Kier molecular flexibility index (Phi) is 5.96. The highest BCUT2D eigenvalue weighted by Gasteiger charge is 2.08. The molecular formula is C15H17BrClN3O. The van der Waals surface area contributed by atoms with Crippen LogP contribution >= 0.6 is 27.5 Å². The van der Waals surface area contributed by atoms with Gasteiger partial charge in [0.05, 0.1) is 4.47 Å². The van der Waals surface area contributed by atoms with Crippen LogP contribution in [0.4, 0.5) is 0 Å². The van der Waals surface area contributed by atoms with Crippen LogP contribution in [0.2, 0.25) is 5.02 Å². The molecule has 1 heterocycles. The van der Waals surface area contributed by atoms with E-state index in [0.717, 1.165) is 35.2 Å². The standard InChI is InChI=1S/C15H17BrClN3O/c1-3-6-18-8-11-9-19-15(20-10(11)2)21-14-5-4-12(17)7-13(14)16/h4-5,7,9,18H,3,6,8H2,1-2H3. The number of aryl methyl sites for hydroxylation is 1. The Bertz CT molecular complexity index is 622. The molecule has 0 aliphatic carbocycles. The number of hydrogen-bond acceptors (Lipinski definition) is 4. The fourth-order valence-electron chi connectivity index (χ4n) is 1.75. The molecule has 4 nitrogen and oxygen atoms in total. The van der Waals surface area contributed by atoms with Gasteiger partial charge in [0.2, 0.25) is 0 Å². The molecule has 0 aliphatic rings. The number of nitrogens with zero attached hydrogens (tertiary/aromatic N) is 2. The minimum atomic E-state index is 0.328. The van der Waals surface area contributed by atoms with Crippen LogP contribution in [0.5, 0.6) is 11.8 Å². The van der Waals surface area contributed by atoms with Crippen molar-refractivity contribution in [2.45, 2.75) is 26.8 Å². The summed E-state index contributed by atoms with van der Waals surface area (Å²) in [5.41, 5.74) is 1.99. The van der Waals surface area contributed by atoms with E-state index in [1.165, 1.54) is 0 Å². The molecule has 112 valence electrons. The van der Waals surface area contributed by atoms with E-state index in [4.69, 9.17) is 16.3 Å². The van der Waals surface area contributed by atoms with Crippen LogP contribution in [0, 0.1) is 6.92 Å². The Balaban J connectivity index is 2.09. The maximum absolute atomic E-state index is 5.90. The Morgan fingerprint density at radius 3 is 2.86 bits per heavy atom. The lowest BCUT2D eigenvalue weighted by molar-refractivity contribution is 0.436. The van der Waals surface area contributed by atoms with Gasteiger partial charge in [-0.25, -0.2) is 4.98 Å². The predicted molar refractivity (Wildman–Crippen MR) is 88.0 cm³/mol. The first kappa shape index (κ1) is 16.2. The molecule has 0 atom stereocenters. The number of hydrogen-bond donors (Lipinski definition) is 1. The van der Waals surface area contributed by atoms with Crippen molar-refractivity contribution in [2.75, 3.05) is 6.54 Å². The van der Waals surface area contributed by atoms with Crippen molar-refractivity contribution in [1.29, 1.82) is 0 Å². The molecule has 0 aliphatic heterocycles. The average molecular weight is 371 g/mol. The molecule has 0 fully saturated rings. The van der Waals surface area contributed by atoms with Crippen molar-refractivity contribution in [3.05, 3.63) is 45.1 Å². The van der Waals surface area contributed by atoms with E-state index in [9.17, 15) is 0 Å².